The first-order valence-corrected chi connectivity index (χ1v) is 7.31. The number of pyridine rings is 1. The lowest BCUT2D eigenvalue weighted by molar-refractivity contribution is 0.0952. The van der Waals surface area contributed by atoms with Gasteiger partial charge in [-0.1, -0.05) is 6.42 Å². The highest BCUT2D eigenvalue weighted by Crippen LogP contribution is 2.24. The molecular weight excluding hydrogens is 248 g/mol. The minimum atomic E-state index is -0.276. The molecule has 18 heavy (non-hydrogen) atoms. The summed E-state index contributed by atoms with van der Waals surface area (Å²) >= 11 is 1.91. The first-order chi connectivity index (χ1) is 8.66. The number of aryl methyl sites for hydroxylation is 1. The maximum atomic E-state index is 11.9. The van der Waals surface area contributed by atoms with Crippen molar-refractivity contribution in [3.05, 3.63) is 33.7 Å². The van der Waals surface area contributed by atoms with Crippen molar-refractivity contribution < 1.29 is 4.79 Å². The number of hydrogen-bond acceptors (Lipinski definition) is 3. The van der Waals surface area contributed by atoms with Gasteiger partial charge in [0.05, 0.1) is 0 Å². The van der Waals surface area contributed by atoms with Crippen LogP contribution in [0.3, 0.4) is 0 Å². The van der Waals surface area contributed by atoms with Gasteiger partial charge in [-0.05, 0) is 25.5 Å². The van der Waals surface area contributed by atoms with Crippen LogP contribution in [0.1, 0.15) is 35.3 Å². The largest absolute Gasteiger partial charge is 0.364 e. The third-order valence-corrected chi connectivity index (χ3v) is 4.46. The Bertz CT molecular complexity index is 478. The zero-order valence-corrected chi connectivity index (χ0v) is 11.3. The predicted molar refractivity (Wildman–Crippen MR) is 74.2 cm³/mol. The molecule has 2 heterocycles. The lowest BCUT2D eigenvalue weighted by Gasteiger charge is -2.21. The van der Waals surface area contributed by atoms with E-state index in [-0.39, 0.29) is 16.9 Å². The van der Waals surface area contributed by atoms with Crippen LogP contribution in [0.5, 0.6) is 0 Å². The van der Waals surface area contributed by atoms with Crippen molar-refractivity contribution in [2.75, 3.05) is 12.3 Å². The van der Waals surface area contributed by atoms with E-state index in [0.717, 1.165) is 12.1 Å². The Hall–Kier alpha value is -1.23. The van der Waals surface area contributed by atoms with E-state index in [0.29, 0.717) is 11.8 Å². The summed E-state index contributed by atoms with van der Waals surface area (Å²) in [6, 6.07) is 1.45. The summed E-state index contributed by atoms with van der Waals surface area (Å²) in [6.07, 6.45) is 5.14. The van der Waals surface area contributed by atoms with Gasteiger partial charge >= 0.3 is 0 Å². The van der Waals surface area contributed by atoms with Crippen LogP contribution < -0.4 is 10.7 Å². The molecule has 0 aromatic carbocycles. The average Bonchev–Trinajstić information content (AvgIpc) is 2.37. The lowest BCUT2D eigenvalue weighted by Crippen LogP contribution is -2.34. The molecule has 0 radical (unpaired) electrons. The summed E-state index contributed by atoms with van der Waals surface area (Å²) in [4.78, 5) is 26.4. The van der Waals surface area contributed by atoms with Gasteiger partial charge < -0.3 is 10.3 Å². The highest BCUT2D eigenvalue weighted by atomic mass is 32.2. The molecule has 1 aromatic rings. The van der Waals surface area contributed by atoms with Gasteiger partial charge in [-0.25, -0.2) is 0 Å². The van der Waals surface area contributed by atoms with Crippen molar-refractivity contribution in [2.45, 2.75) is 31.4 Å². The maximum Gasteiger partial charge on any atom is 0.256 e. The fourth-order valence-corrected chi connectivity index (χ4v) is 3.26. The van der Waals surface area contributed by atoms with E-state index in [9.17, 15) is 9.59 Å². The Labute approximate surface area is 111 Å². The Kier molecular flexibility index (Phi) is 4.47. The van der Waals surface area contributed by atoms with Crippen molar-refractivity contribution in [1.29, 1.82) is 0 Å². The molecule has 1 aromatic heterocycles. The van der Waals surface area contributed by atoms with Gasteiger partial charge in [0, 0.05) is 29.8 Å². The summed E-state index contributed by atoms with van der Waals surface area (Å²) in [5.74, 6) is 0.897. The van der Waals surface area contributed by atoms with Crippen molar-refractivity contribution in [3.8, 4) is 0 Å². The Balaban J connectivity index is 1.93. The zero-order chi connectivity index (χ0) is 13.0. The topological polar surface area (TPSA) is 62.0 Å². The number of thioether (sulfide) groups is 1. The number of H-pyrrole nitrogens is 1. The fraction of sp³-hybridized carbons (Fsp3) is 0.538. The third kappa shape index (κ3) is 3.38. The molecule has 1 aliphatic heterocycles. The predicted octanol–water partition coefficient (Wildman–Crippen LogP) is 1.70. The van der Waals surface area contributed by atoms with Crippen molar-refractivity contribution in [3.63, 3.8) is 0 Å². The Morgan fingerprint density at radius 3 is 3.06 bits per heavy atom. The molecule has 0 spiro atoms. The SMILES string of the molecule is Cc1cc(=O)c(C(=O)NCC2CCCCS2)c[nH]1. The van der Waals surface area contributed by atoms with Crippen LogP contribution in [0.2, 0.25) is 0 Å². The second-order valence-electron chi connectivity index (χ2n) is 4.59. The van der Waals surface area contributed by atoms with Gasteiger partial charge in [0.25, 0.3) is 5.91 Å². The molecule has 5 heteroatoms. The molecular formula is C13H18N2O2S. The zero-order valence-electron chi connectivity index (χ0n) is 10.5. The molecule has 4 nitrogen and oxygen atoms in total. The van der Waals surface area contributed by atoms with Crippen LogP contribution in [0.25, 0.3) is 0 Å². The van der Waals surface area contributed by atoms with E-state index in [1.165, 1.54) is 30.9 Å². The van der Waals surface area contributed by atoms with Crippen LogP contribution in [0.4, 0.5) is 0 Å². The molecule has 1 unspecified atom stereocenters. The Morgan fingerprint density at radius 2 is 2.39 bits per heavy atom. The standard InChI is InChI=1S/C13H18N2O2S/c1-9-6-12(16)11(8-14-9)13(17)15-7-10-4-2-3-5-18-10/h6,8,10H,2-5,7H2,1H3,(H,14,16)(H,15,17). The van der Waals surface area contributed by atoms with Crippen LogP contribution >= 0.6 is 11.8 Å². The molecule has 0 bridgehead atoms. The number of hydrogen-bond donors (Lipinski definition) is 2. The molecule has 1 fully saturated rings. The molecule has 2 rings (SSSR count). The quantitative estimate of drug-likeness (QED) is 0.875. The Morgan fingerprint density at radius 1 is 1.56 bits per heavy atom. The summed E-state index contributed by atoms with van der Waals surface area (Å²) in [5.41, 5.74) is 0.737. The molecule has 2 N–H and O–H groups in total. The first-order valence-electron chi connectivity index (χ1n) is 6.26. The van der Waals surface area contributed by atoms with Gasteiger partial charge in [-0.15, -0.1) is 0 Å². The number of carbonyl (C=O) groups is 1. The molecule has 98 valence electrons. The highest BCUT2D eigenvalue weighted by molar-refractivity contribution is 7.99. The average molecular weight is 266 g/mol. The number of carbonyl (C=O) groups excluding carboxylic acids is 1. The van der Waals surface area contributed by atoms with Gasteiger partial charge in [-0.3, -0.25) is 9.59 Å². The fourth-order valence-electron chi connectivity index (χ4n) is 2.02. The number of rotatable bonds is 3. The maximum absolute atomic E-state index is 11.9. The molecule has 0 aliphatic carbocycles. The van der Waals surface area contributed by atoms with E-state index >= 15 is 0 Å². The molecule has 1 aliphatic rings. The second kappa shape index (κ2) is 6.09. The van der Waals surface area contributed by atoms with Crippen LogP contribution in [-0.2, 0) is 0 Å². The van der Waals surface area contributed by atoms with Gasteiger partial charge in [0.15, 0.2) is 5.43 Å². The van der Waals surface area contributed by atoms with Gasteiger partial charge in [0.1, 0.15) is 5.56 Å². The van der Waals surface area contributed by atoms with E-state index in [4.69, 9.17) is 0 Å². The normalized spacial score (nSPS) is 19.5. The molecule has 1 saturated heterocycles. The van der Waals surface area contributed by atoms with Gasteiger partial charge in [0.2, 0.25) is 0 Å². The first kappa shape index (κ1) is 13.2. The number of amides is 1. The van der Waals surface area contributed by atoms with Crippen LogP contribution in [0.15, 0.2) is 17.1 Å². The smallest absolute Gasteiger partial charge is 0.256 e. The van der Waals surface area contributed by atoms with E-state index in [1.807, 2.05) is 11.8 Å². The van der Waals surface area contributed by atoms with Crippen LogP contribution in [0, 0.1) is 6.92 Å². The molecule has 0 saturated carbocycles. The summed E-state index contributed by atoms with van der Waals surface area (Å²) in [6.45, 7) is 2.44. The lowest BCUT2D eigenvalue weighted by atomic mass is 10.2. The minimum Gasteiger partial charge on any atom is -0.364 e. The highest BCUT2D eigenvalue weighted by Gasteiger charge is 2.16. The molecule has 1 amide bonds. The molecule has 1 atom stereocenters. The number of aromatic amines is 1. The van der Waals surface area contributed by atoms with E-state index in [2.05, 4.69) is 10.3 Å². The summed E-state index contributed by atoms with van der Waals surface area (Å²) in [5, 5.41) is 3.34. The van der Waals surface area contributed by atoms with Gasteiger partial charge in [-0.2, -0.15) is 11.8 Å². The van der Waals surface area contributed by atoms with Crippen molar-refractivity contribution in [1.82, 2.24) is 10.3 Å². The van der Waals surface area contributed by atoms with Crippen molar-refractivity contribution in [2.24, 2.45) is 0 Å². The van der Waals surface area contributed by atoms with E-state index in [1.54, 1.807) is 6.92 Å². The summed E-state index contributed by atoms with van der Waals surface area (Å²) < 4.78 is 0. The van der Waals surface area contributed by atoms with Crippen molar-refractivity contribution >= 4 is 17.7 Å². The van der Waals surface area contributed by atoms with Crippen LogP contribution in [-0.4, -0.2) is 28.4 Å². The number of aromatic nitrogens is 1. The third-order valence-electron chi connectivity index (χ3n) is 3.07. The minimum absolute atomic E-state index is 0.196. The van der Waals surface area contributed by atoms with E-state index < -0.39 is 0 Å². The summed E-state index contributed by atoms with van der Waals surface area (Å²) in [7, 11) is 0. The second-order valence-corrected chi connectivity index (χ2v) is 6.00. The monoisotopic (exact) mass is 266 g/mol. The number of nitrogens with one attached hydrogen (secondary N) is 2.